The smallest absolute Gasteiger partial charge is 0.136 e. The molecule has 0 saturated carbocycles. The summed E-state index contributed by atoms with van der Waals surface area (Å²) in [7, 11) is 0. The lowest BCUT2D eigenvalue weighted by molar-refractivity contribution is 0.669. The minimum Gasteiger partial charge on any atom is -0.456 e. The zero-order valence-electron chi connectivity index (χ0n) is 11.1. The van der Waals surface area contributed by atoms with Crippen LogP contribution in [0, 0.1) is 0 Å². The van der Waals surface area contributed by atoms with Gasteiger partial charge in [-0.15, -0.1) is 0 Å². The lowest BCUT2D eigenvalue weighted by atomic mass is 10.1. The van der Waals surface area contributed by atoms with E-state index in [0.717, 1.165) is 46.7 Å². The second-order valence-corrected chi connectivity index (χ2v) is 7.41. The van der Waals surface area contributed by atoms with Gasteiger partial charge in [-0.25, -0.2) is 4.98 Å². The molecule has 4 rings (SSSR count). The molecule has 22 heavy (non-hydrogen) atoms. The topological polar surface area (TPSA) is 26.0 Å². The zero-order valence-corrected chi connectivity index (χ0v) is 15.9. The van der Waals surface area contributed by atoms with Crippen molar-refractivity contribution in [3.05, 3.63) is 62.1 Å². The molecular formula is C17H8Br3NO. The lowest BCUT2D eigenvalue weighted by Gasteiger charge is -2.06. The van der Waals surface area contributed by atoms with Crippen molar-refractivity contribution in [2.75, 3.05) is 0 Å². The van der Waals surface area contributed by atoms with E-state index in [2.05, 4.69) is 58.8 Å². The fraction of sp³-hybridized carbons (Fsp3) is 0. The van der Waals surface area contributed by atoms with E-state index < -0.39 is 0 Å². The van der Waals surface area contributed by atoms with E-state index in [1.807, 2.05) is 42.5 Å². The Hall–Kier alpha value is -1.17. The average Bonchev–Trinajstić information content (AvgIpc) is 2.85. The number of furan rings is 1. The first-order valence-corrected chi connectivity index (χ1v) is 8.94. The van der Waals surface area contributed by atoms with Gasteiger partial charge in [0.2, 0.25) is 0 Å². The lowest BCUT2D eigenvalue weighted by Crippen LogP contribution is -1.87. The largest absolute Gasteiger partial charge is 0.456 e. The van der Waals surface area contributed by atoms with Crippen LogP contribution in [0.1, 0.15) is 0 Å². The van der Waals surface area contributed by atoms with Crippen molar-refractivity contribution in [3.63, 3.8) is 0 Å². The van der Waals surface area contributed by atoms with Crippen LogP contribution in [0.4, 0.5) is 0 Å². The molecule has 0 aliphatic heterocycles. The molecule has 2 aromatic heterocycles. The molecule has 4 aromatic rings. The van der Waals surface area contributed by atoms with Crippen molar-refractivity contribution >= 4 is 69.7 Å². The van der Waals surface area contributed by atoms with Crippen LogP contribution >= 0.6 is 47.8 Å². The van der Waals surface area contributed by atoms with Crippen molar-refractivity contribution < 1.29 is 4.42 Å². The molecule has 0 aliphatic carbocycles. The molecule has 0 spiro atoms. The molecule has 2 nitrogen and oxygen atoms in total. The Bertz CT molecular complexity index is 1000. The Morgan fingerprint density at radius 2 is 1.68 bits per heavy atom. The Morgan fingerprint density at radius 3 is 2.50 bits per heavy atom. The minimum absolute atomic E-state index is 0.793. The summed E-state index contributed by atoms with van der Waals surface area (Å²) in [6.45, 7) is 0. The number of benzene rings is 2. The molecule has 0 unspecified atom stereocenters. The number of hydrogen-bond acceptors (Lipinski definition) is 2. The molecule has 5 heteroatoms. The number of fused-ring (bicyclic) bond motifs is 3. The van der Waals surface area contributed by atoms with E-state index in [1.165, 1.54) is 0 Å². The number of halogens is 3. The summed E-state index contributed by atoms with van der Waals surface area (Å²) in [6.07, 6.45) is 0. The number of aromatic nitrogens is 1. The van der Waals surface area contributed by atoms with Crippen molar-refractivity contribution in [1.29, 1.82) is 0 Å². The normalized spacial score (nSPS) is 11.4. The predicted octanol–water partition coefficient (Wildman–Crippen LogP) is 6.94. The van der Waals surface area contributed by atoms with Gasteiger partial charge in [0.25, 0.3) is 0 Å². The van der Waals surface area contributed by atoms with Gasteiger partial charge in [-0.05, 0) is 62.2 Å². The minimum atomic E-state index is 0.793. The Labute approximate surface area is 151 Å². The molecule has 0 N–H and O–H groups in total. The fourth-order valence-corrected chi connectivity index (χ4v) is 4.50. The molecule has 2 aromatic carbocycles. The van der Waals surface area contributed by atoms with Gasteiger partial charge in [-0.2, -0.15) is 0 Å². The number of para-hydroxylation sites is 1. The highest BCUT2D eigenvalue weighted by atomic mass is 79.9. The Balaban J connectivity index is 2.07. The molecule has 0 aliphatic rings. The third-order valence-corrected chi connectivity index (χ3v) is 5.20. The zero-order chi connectivity index (χ0) is 15.3. The third-order valence-electron chi connectivity index (χ3n) is 3.51. The highest BCUT2D eigenvalue weighted by molar-refractivity contribution is 9.11. The quantitative estimate of drug-likeness (QED) is 0.275. The standard InChI is InChI=1S/C17H8Br3NO/c18-9-7-12(21-15(19)8-9)10-5-6-14-16(17(10)20)11-3-1-2-4-13(11)22-14/h1-8H. The van der Waals surface area contributed by atoms with Crippen molar-refractivity contribution in [2.45, 2.75) is 0 Å². The first-order chi connectivity index (χ1) is 10.6. The van der Waals surface area contributed by atoms with E-state index in [0.29, 0.717) is 0 Å². The Kier molecular flexibility index (Phi) is 3.59. The Morgan fingerprint density at radius 1 is 0.864 bits per heavy atom. The molecular weight excluding hydrogens is 474 g/mol. The number of hydrogen-bond donors (Lipinski definition) is 0. The second kappa shape index (κ2) is 5.48. The van der Waals surface area contributed by atoms with Crippen LogP contribution < -0.4 is 0 Å². The molecule has 0 bridgehead atoms. The average molecular weight is 482 g/mol. The van der Waals surface area contributed by atoms with E-state index >= 15 is 0 Å². The van der Waals surface area contributed by atoms with Gasteiger partial charge in [0.05, 0.1) is 5.69 Å². The number of rotatable bonds is 1. The highest BCUT2D eigenvalue weighted by Crippen LogP contribution is 2.40. The first-order valence-electron chi connectivity index (χ1n) is 6.57. The van der Waals surface area contributed by atoms with Gasteiger partial charge in [0, 0.05) is 25.3 Å². The van der Waals surface area contributed by atoms with Crippen molar-refractivity contribution in [3.8, 4) is 11.3 Å². The summed E-state index contributed by atoms with van der Waals surface area (Å²) in [4.78, 5) is 4.56. The van der Waals surface area contributed by atoms with Crippen LogP contribution in [0.3, 0.4) is 0 Å². The summed E-state index contributed by atoms with van der Waals surface area (Å²) in [5, 5.41) is 2.17. The number of pyridine rings is 1. The van der Waals surface area contributed by atoms with Gasteiger partial charge >= 0.3 is 0 Å². The highest BCUT2D eigenvalue weighted by Gasteiger charge is 2.15. The molecule has 0 amide bonds. The van der Waals surface area contributed by atoms with E-state index in [9.17, 15) is 0 Å². The van der Waals surface area contributed by atoms with E-state index in [1.54, 1.807) is 0 Å². The second-order valence-electron chi connectivity index (χ2n) is 4.89. The van der Waals surface area contributed by atoms with E-state index in [-0.39, 0.29) is 0 Å². The maximum absolute atomic E-state index is 5.90. The summed E-state index contributed by atoms with van der Waals surface area (Å²) >= 11 is 10.7. The maximum atomic E-state index is 5.90. The van der Waals surface area contributed by atoms with Gasteiger partial charge in [-0.1, -0.05) is 34.1 Å². The maximum Gasteiger partial charge on any atom is 0.136 e. The van der Waals surface area contributed by atoms with E-state index in [4.69, 9.17) is 4.42 Å². The van der Waals surface area contributed by atoms with Gasteiger partial charge in [0.15, 0.2) is 0 Å². The van der Waals surface area contributed by atoms with Crippen LogP contribution in [0.15, 0.2) is 66.5 Å². The van der Waals surface area contributed by atoms with Gasteiger partial charge in [-0.3, -0.25) is 0 Å². The first kappa shape index (κ1) is 14.4. The van der Waals surface area contributed by atoms with Crippen LogP contribution in [0.2, 0.25) is 0 Å². The molecule has 108 valence electrons. The van der Waals surface area contributed by atoms with Gasteiger partial charge in [0.1, 0.15) is 15.8 Å². The predicted molar refractivity (Wildman–Crippen MR) is 100 cm³/mol. The molecule has 0 atom stereocenters. The summed E-state index contributed by atoms with van der Waals surface area (Å²) in [6, 6.07) is 16.0. The summed E-state index contributed by atoms with van der Waals surface area (Å²) < 4.78 is 8.67. The van der Waals surface area contributed by atoms with Crippen molar-refractivity contribution in [2.24, 2.45) is 0 Å². The fourth-order valence-electron chi connectivity index (χ4n) is 2.58. The van der Waals surface area contributed by atoms with Crippen LogP contribution in [-0.2, 0) is 0 Å². The van der Waals surface area contributed by atoms with Crippen LogP contribution in [0.5, 0.6) is 0 Å². The molecule has 2 heterocycles. The summed E-state index contributed by atoms with van der Waals surface area (Å²) in [5.74, 6) is 0. The SMILES string of the molecule is Brc1cc(Br)nc(-c2ccc3oc4ccccc4c3c2Br)c1. The monoisotopic (exact) mass is 479 g/mol. The molecule has 0 fully saturated rings. The van der Waals surface area contributed by atoms with Gasteiger partial charge < -0.3 is 4.42 Å². The van der Waals surface area contributed by atoms with Crippen molar-refractivity contribution in [1.82, 2.24) is 4.98 Å². The molecule has 0 saturated heterocycles. The van der Waals surface area contributed by atoms with Crippen LogP contribution in [-0.4, -0.2) is 4.98 Å². The third kappa shape index (κ3) is 2.32. The van der Waals surface area contributed by atoms with Crippen LogP contribution in [0.25, 0.3) is 33.2 Å². The summed E-state index contributed by atoms with van der Waals surface area (Å²) in [5.41, 5.74) is 3.67. The molecule has 0 radical (unpaired) electrons. The number of nitrogens with zero attached hydrogens (tertiary/aromatic N) is 1.